The highest BCUT2D eigenvalue weighted by Crippen LogP contribution is 2.36. The van der Waals surface area contributed by atoms with Crippen molar-refractivity contribution >= 4 is 23.4 Å². The molecule has 0 unspecified atom stereocenters. The number of carbonyl (C=O) groups excluding carboxylic acids is 1. The zero-order valence-corrected chi connectivity index (χ0v) is 17.8. The van der Waals surface area contributed by atoms with E-state index in [1.807, 2.05) is 31.2 Å². The Balaban J connectivity index is 1.54. The van der Waals surface area contributed by atoms with Crippen molar-refractivity contribution in [2.24, 2.45) is 0 Å². The second-order valence-corrected chi connectivity index (χ2v) is 8.91. The number of cyclic esters (lactones) is 1. The number of aromatic nitrogens is 3. The lowest BCUT2D eigenvalue weighted by Gasteiger charge is -2.26. The van der Waals surface area contributed by atoms with E-state index in [1.54, 1.807) is 7.11 Å². The monoisotopic (exact) mass is 416 g/mol. The van der Waals surface area contributed by atoms with E-state index in [2.05, 4.69) is 20.1 Å². The van der Waals surface area contributed by atoms with Crippen molar-refractivity contribution in [1.29, 1.82) is 0 Å². The first kappa shape index (κ1) is 20.1. The highest BCUT2D eigenvalue weighted by Gasteiger charge is 2.35. The van der Waals surface area contributed by atoms with E-state index in [0.717, 1.165) is 41.7 Å². The van der Waals surface area contributed by atoms with Gasteiger partial charge in [-0.1, -0.05) is 37.1 Å². The molecule has 0 radical (unpaired) electrons. The minimum absolute atomic E-state index is 0.0275. The minimum atomic E-state index is -0.198. The summed E-state index contributed by atoms with van der Waals surface area (Å²) in [6.07, 6.45) is 6.67. The van der Waals surface area contributed by atoms with Crippen molar-refractivity contribution in [3.8, 4) is 5.75 Å². The molecule has 2 atom stereocenters. The van der Waals surface area contributed by atoms with Gasteiger partial charge in [0.15, 0.2) is 11.0 Å². The molecule has 156 valence electrons. The molecular formula is C21H28N4O3S. The fourth-order valence-electron chi connectivity index (χ4n) is 4.07. The van der Waals surface area contributed by atoms with E-state index in [1.165, 1.54) is 31.0 Å². The van der Waals surface area contributed by atoms with Gasteiger partial charge in [0.1, 0.15) is 17.1 Å². The van der Waals surface area contributed by atoms with E-state index in [9.17, 15) is 4.79 Å². The molecule has 2 fully saturated rings. The normalized spacial score (nSPS) is 22.5. The highest BCUT2D eigenvalue weighted by atomic mass is 32.2. The summed E-state index contributed by atoms with van der Waals surface area (Å²) in [5, 5.41) is 13.0. The SMILES string of the molecule is COc1cccc(NCc2nnc(S[C@@H]3C[C@@H](C)OC3=O)n2C2CCCCC2)c1. The van der Waals surface area contributed by atoms with E-state index < -0.39 is 0 Å². The standard InChI is InChI=1S/C21H28N4O3S/c1-14-11-18(20(26)28-14)29-21-24-23-19(25(21)16-8-4-3-5-9-16)13-22-15-7-6-10-17(12-15)27-2/h6-7,10,12,14,16,18,22H,3-5,8-9,11,13H2,1-2H3/t14-,18-/m1/s1. The summed E-state index contributed by atoms with van der Waals surface area (Å²) >= 11 is 1.50. The Hall–Kier alpha value is -2.22. The quantitative estimate of drug-likeness (QED) is 0.678. The van der Waals surface area contributed by atoms with Gasteiger partial charge >= 0.3 is 5.97 Å². The van der Waals surface area contributed by atoms with Gasteiger partial charge in [0, 0.05) is 24.2 Å². The molecule has 1 N–H and O–H groups in total. The molecule has 1 saturated heterocycles. The topological polar surface area (TPSA) is 78.3 Å². The Bertz CT molecular complexity index is 850. The van der Waals surface area contributed by atoms with Gasteiger partial charge in [-0.25, -0.2) is 0 Å². The second-order valence-electron chi connectivity index (χ2n) is 7.74. The van der Waals surface area contributed by atoms with Crippen molar-refractivity contribution < 1.29 is 14.3 Å². The van der Waals surface area contributed by atoms with Gasteiger partial charge in [-0.05, 0) is 31.9 Å². The Morgan fingerprint density at radius 3 is 2.83 bits per heavy atom. The van der Waals surface area contributed by atoms with Gasteiger partial charge in [-0.15, -0.1) is 10.2 Å². The van der Waals surface area contributed by atoms with E-state index in [4.69, 9.17) is 9.47 Å². The van der Waals surface area contributed by atoms with E-state index >= 15 is 0 Å². The number of nitrogens with zero attached hydrogens (tertiary/aromatic N) is 3. The number of thioether (sulfide) groups is 1. The molecule has 0 amide bonds. The molecule has 2 heterocycles. The summed E-state index contributed by atoms with van der Waals surface area (Å²) in [6.45, 7) is 2.51. The number of nitrogens with one attached hydrogen (secondary N) is 1. The first-order chi connectivity index (χ1) is 14.1. The van der Waals surface area contributed by atoms with Crippen molar-refractivity contribution in [2.75, 3.05) is 12.4 Å². The fraction of sp³-hybridized carbons (Fsp3) is 0.571. The zero-order valence-electron chi connectivity index (χ0n) is 17.0. The van der Waals surface area contributed by atoms with Gasteiger partial charge in [0.05, 0.1) is 13.7 Å². The fourth-order valence-corrected chi connectivity index (χ4v) is 5.30. The van der Waals surface area contributed by atoms with Crippen LogP contribution >= 0.6 is 11.8 Å². The smallest absolute Gasteiger partial charge is 0.319 e. The van der Waals surface area contributed by atoms with Crippen LogP contribution in [0.1, 0.15) is 57.3 Å². The molecule has 29 heavy (non-hydrogen) atoms. The number of ether oxygens (including phenoxy) is 2. The molecule has 2 aliphatic rings. The third-order valence-electron chi connectivity index (χ3n) is 5.57. The van der Waals surface area contributed by atoms with Crippen LogP contribution in [0, 0.1) is 0 Å². The molecule has 2 aromatic rings. The molecule has 1 saturated carbocycles. The number of benzene rings is 1. The van der Waals surface area contributed by atoms with Crippen LogP contribution in [0.5, 0.6) is 5.75 Å². The van der Waals surface area contributed by atoms with Crippen LogP contribution < -0.4 is 10.1 Å². The van der Waals surface area contributed by atoms with Gasteiger partial charge in [0.25, 0.3) is 0 Å². The third-order valence-corrected chi connectivity index (χ3v) is 6.73. The number of methoxy groups -OCH3 is 1. The predicted molar refractivity (Wildman–Crippen MR) is 112 cm³/mol. The first-order valence-electron chi connectivity index (χ1n) is 10.3. The maximum absolute atomic E-state index is 12.1. The van der Waals surface area contributed by atoms with E-state index in [-0.39, 0.29) is 17.3 Å². The zero-order chi connectivity index (χ0) is 20.2. The Labute approximate surface area is 175 Å². The average molecular weight is 417 g/mol. The first-order valence-corrected chi connectivity index (χ1v) is 11.2. The minimum Gasteiger partial charge on any atom is -0.497 e. The maximum atomic E-state index is 12.1. The molecule has 1 aliphatic heterocycles. The van der Waals surface area contributed by atoms with Gasteiger partial charge < -0.3 is 19.4 Å². The Morgan fingerprint density at radius 2 is 2.10 bits per heavy atom. The molecule has 0 spiro atoms. The molecule has 0 bridgehead atoms. The number of hydrogen-bond donors (Lipinski definition) is 1. The van der Waals surface area contributed by atoms with Crippen molar-refractivity contribution in [2.45, 2.75) is 74.5 Å². The summed E-state index contributed by atoms with van der Waals surface area (Å²) in [5.74, 6) is 1.58. The maximum Gasteiger partial charge on any atom is 0.319 e. The van der Waals surface area contributed by atoms with Crippen molar-refractivity contribution in [1.82, 2.24) is 14.8 Å². The van der Waals surface area contributed by atoms with Crippen LogP contribution in [0.15, 0.2) is 29.4 Å². The summed E-state index contributed by atoms with van der Waals surface area (Å²) in [4.78, 5) is 12.1. The lowest BCUT2D eigenvalue weighted by atomic mass is 9.95. The Kier molecular flexibility index (Phi) is 6.28. The summed E-state index contributed by atoms with van der Waals surface area (Å²) in [7, 11) is 1.66. The molecule has 8 heteroatoms. The van der Waals surface area contributed by atoms with Crippen LogP contribution in [0.2, 0.25) is 0 Å². The summed E-state index contributed by atoms with van der Waals surface area (Å²) in [6, 6.07) is 8.24. The molecule has 1 aromatic carbocycles. The number of hydrogen-bond acceptors (Lipinski definition) is 7. The molecule has 7 nitrogen and oxygen atoms in total. The van der Waals surface area contributed by atoms with E-state index in [0.29, 0.717) is 12.6 Å². The van der Waals surface area contributed by atoms with Gasteiger partial charge in [-0.3, -0.25) is 4.79 Å². The highest BCUT2D eigenvalue weighted by molar-refractivity contribution is 8.00. The van der Waals surface area contributed by atoms with Crippen LogP contribution in [0.25, 0.3) is 0 Å². The predicted octanol–water partition coefficient (Wildman–Crippen LogP) is 4.20. The summed E-state index contributed by atoms with van der Waals surface area (Å²) in [5.41, 5.74) is 0.977. The van der Waals surface area contributed by atoms with Gasteiger partial charge in [0.2, 0.25) is 0 Å². The molecule has 4 rings (SSSR count). The average Bonchev–Trinajstić information content (AvgIpc) is 3.29. The second kappa shape index (κ2) is 9.07. The van der Waals surface area contributed by atoms with Crippen LogP contribution in [0.4, 0.5) is 5.69 Å². The largest absolute Gasteiger partial charge is 0.497 e. The summed E-state index contributed by atoms with van der Waals surface area (Å²) < 4.78 is 12.9. The lowest BCUT2D eigenvalue weighted by Crippen LogP contribution is -2.19. The van der Waals surface area contributed by atoms with Crippen molar-refractivity contribution in [3.63, 3.8) is 0 Å². The van der Waals surface area contributed by atoms with Gasteiger partial charge in [-0.2, -0.15) is 0 Å². The van der Waals surface area contributed by atoms with Crippen LogP contribution in [0.3, 0.4) is 0 Å². The number of anilines is 1. The van der Waals surface area contributed by atoms with Crippen LogP contribution in [-0.4, -0.2) is 39.2 Å². The third kappa shape index (κ3) is 4.69. The molecular weight excluding hydrogens is 388 g/mol. The Morgan fingerprint density at radius 1 is 1.28 bits per heavy atom. The van der Waals surface area contributed by atoms with Crippen molar-refractivity contribution in [3.05, 3.63) is 30.1 Å². The molecule has 1 aliphatic carbocycles. The lowest BCUT2D eigenvalue weighted by molar-refractivity contribution is -0.140. The van der Waals surface area contributed by atoms with Crippen LogP contribution in [-0.2, 0) is 16.1 Å². The number of carbonyl (C=O) groups is 1. The number of rotatable bonds is 7. The molecule has 1 aromatic heterocycles. The number of esters is 1.